The molecule has 4 heteroatoms. The molecule has 0 aromatic carbocycles. The summed E-state index contributed by atoms with van der Waals surface area (Å²) in [5, 5.41) is 7.89. The van der Waals surface area contributed by atoms with E-state index in [0.29, 0.717) is 13.2 Å². The van der Waals surface area contributed by atoms with Crippen LogP contribution in [0.3, 0.4) is 0 Å². The predicted molar refractivity (Wildman–Crippen MR) is 54.7 cm³/mol. The average Bonchev–Trinajstić information content (AvgIpc) is 2.13. The molecule has 80 valence electrons. The number of carboxylic acid groups (broad SMARTS) is 1. The highest BCUT2D eigenvalue weighted by Gasteiger charge is 1.90. The van der Waals surface area contributed by atoms with Crippen LogP contribution in [0.2, 0.25) is 0 Å². The standard InChI is InChI=1S/C6H10O2.C4H6O2/c1-3-7-5-6-8-4-2;1-3(2)4(5)6/h3-4H,1-2,5-6H2;1H2,2H3,(H,5,6). The van der Waals surface area contributed by atoms with Gasteiger partial charge in [0.15, 0.2) is 0 Å². The molecule has 0 saturated heterocycles. The van der Waals surface area contributed by atoms with Gasteiger partial charge >= 0.3 is 5.97 Å². The molecule has 0 aromatic rings. The lowest BCUT2D eigenvalue weighted by Crippen LogP contribution is -1.95. The summed E-state index contributed by atoms with van der Waals surface area (Å²) in [6.07, 6.45) is 2.76. The van der Waals surface area contributed by atoms with Crippen molar-refractivity contribution in [3.63, 3.8) is 0 Å². The minimum Gasteiger partial charge on any atom is -0.498 e. The molecule has 0 fully saturated rings. The maximum absolute atomic E-state index is 9.60. The van der Waals surface area contributed by atoms with Crippen LogP contribution in [-0.4, -0.2) is 24.3 Å². The third kappa shape index (κ3) is 16.7. The van der Waals surface area contributed by atoms with E-state index in [1.807, 2.05) is 0 Å². The van der Waals surface area contributed by atoms with Gasteiger partial charge in [0.2, 0.25) is 0 Å². The van der Waals surface area contributed by atoms with Crippen molar-refractivity contribution in [3.8, 4) is 0 Å². The van der Waals surface area contributed by atoms with Crippen LogP contribution in [0.4, 0.5) is 0 Å². The Morgan fingerprint density at radius 3 is 1.71 bits per heavy atom. The van der Waals surface area contributed by atoms with Crippen molar-refractivity contribution in [3.05, 3.63) is 37.8 Å². The highest BCUT2D eigenvalue weighted by Crippen LogP contribution is 1.81. The normalized spacial score (nSPS) is 7.50. The molecule has 0 unspecified atom stereocenters. The van der Waals surface area contributed by atoms with Crippen molar-refractivity contribution in [1.82, 2.24) is 0 Å². The van der Waals surface area contributed by atoms with E-state index in [1.54, 1.807) is 0 Å². The quantitative estimate of drug-likeness (QED) is 0.404. The zero-order valence-corrected chi connectivity index (χ0v) is 8.36. The number of carbonyl (C=O) groups is 1. The Kier molecular flexibility index (Phi) is 11.9. The van der Waals surface area contributed by atoms with Gasteiger partial charge in [-0.2, -0.15) is 0 Å². The van der Waals surface area contributed by atoms with Gasteiger partial charge in [-0.3, -0.25) is 0 Å². The SMILES string of the molecule is C=C(C)C(=O)O.C=COCCOC=C. The molecule has 0 atom stereocenters. The molecule has 0 heterocycles. The molecule has 4 nitrogen and oxygen atoms in total. The van der Waals surface area contributed by atoms with Gasteiger partial charge in [-0.25, -0.2) is 4.79 Å². The van der Waals surface area contributed by atoms with Crippen LogP contribution in [0.25, 0.3) is 0 Å². The van der Waals surface area contributed by atoms with E-state index < -0.39 is 5.97 Å². The second-order valence-corrected chi connectivity index (χ2v) is 2.16. The maximum Gasteiger partial charge on any atom is 0.330 e. The summed E-state index contributed by atoms with van der Waals surface area (Å²) in [5.74, 6) is -0.935. The summed E-state index contributed by atoms with van der Waals surface area (Å²) in [4.78, 5) is 9.60. The summed E-state index contributed by atoms with van der Waals surface area (Å²) in [5.41, 5.74) is 0.176. The largest absolute Gasteiger partial charge is 0.498 e. The molecule has 0 amide bonds. The average molecular weight is 200 g/mol. The molecular formula is C10H16O4. The van der Waals surface area contributed by atoms with Crippen molar-refractivity contribution < 1.29 is 19.4 Å². The number of aliphatic carboxylic acids is 1. The molecular weight excluding hydrogens is 184 g/mol. The highest BCUT2D eigenvalue weighted by atomic mass is 16.5. The van der Waals surface area contributed by atoms with Crippen molar-refractivity contribution in [1.29, 1.82) is 0 Å². The van der Waals surface area contributed by atoms with E-state index >= 15 is 0 Å². The molecule has 0 aromatic heterocycles. The fraction of sp³-hybridized carbons (Fsp3) is 0.300. The molecule has 0 aliphatic carbocycles. The summed E-state index contributed by atoms with van der Waals surface area (Å²) >= 11 is 0. The van der Waals surface area contributed by atoms with E-state index in [2.05, 4.69) is 19.7 Å². The van der Waals surface area contributed by atoms with Crippen molar-refractivity contribution in [2.24, 2.45) is 0 Å². The zero-order valence-electron chi connectivity index (χ0n) is 8.36. The lowest BCUT2D eigenvalue weighted by Gasteiger charge is -1.97. The van der Waals surface area contributed by atoms with Crippen molar-refractivity contribution in [2.45, 2.75) is 6.92 Å². The van der Waals surface area contributed by atoms with Crippen molar-refractivity contribution in [2.75, 3.05) is 13.2 Å². The monoisotopic (exact) mass is 200 g/mol. The van der Waals surface area contributed by atoms with Gasteiger partial charge in [0.1, 0.15) is 13.2 Å². The molecule has 0 aliphatic rings. The topological polar surface area (TPSA) is 55.8 Å². The van der Waals surface area contributed by atoms with Gasteiger partial charge in [-0.15, -0.1) is 0 Å². The molecule has 14 heavy (non-hydrogen) atoms. The molecule has 0 radical (unpaired) electrons. The molecule has 0 aliphatic heterocycles. The van der Waals surface area contributed by atoms with Crippen LogP contribution in [0.5, 0.6) is 0 Å². The van der Waals surface area contributed by atoms with Gasteiger partial charge in [-0.1, -0.05) is 19.7 Å². The minimum atomic E-state index is -0.935. The number of carboxylic acids is 1. The smallest absolute Gasteiger partial charge is 0.330 e. The maximum atomic E-state index is 9.60. The summed E-state index contributed by atoms with van der Waals surface area (Å²) in [6, 6.07) is 0. The van der Waals surface area contributed by atoms with Crippen LogP contribution >= 0.6 is 0 Å². The Balaban J connectivity index is 0. The molecule has 1 N–H and O–H groups in total. The van der Waals surface area contributed by atoms with E-state index in [0.717, 1.165) is 0 Å². The van der Waals surface area contributed by atoms with Crippen LogP contribution in [0.15, 0.2) is 37.8 Å². The van der Waals surface area contributed by atoms with Gasteiger partial charge in [0.25, 0.3) is 0 Å². The number of hydrogen-bond acceptors (Lipinski definition) is 3. The first-order valence-corrected chi connectivity index (χ1v) is 3.90. The number of rotatable bonds is 6. The lowest BCUT2D eigenvalue weighted by molar-refractivity contribution is -0.132. The van der Waals surface area contributed by atoms with Crippen LogP contribution < -0.4 is 0 Å². The molecule has 0 rings (SSSR count). The Morgan fingerprint density at radius 1 is 1.29 bits per heavy atom. The first-order chi connectivity index (χ1) is 6.56. The van der Waals surface area contributed by atoms with Gasteiger partial charge in [-0.05, 0) is 6.92 Å². The summed E-state index contributed by atoms with van der Waals surface area (Å²) in [7, 11) is 0. The van der Waals surface area contributed by atoms with Gasteiger partial charge in [0, 0.05) is 5.57 Å². The number of ether oxygens (including phenoxy) is 2. The minimum absolute atomic E-state index is 0.176. The van der Waals surface area contributed by atoms with E-state index in [1.165, 1.54) is 19.4 Å². The first kappa shape index (κ1) is 14.8. The van der Waals surface area contributed by atoms with E-state index in [4.69, 9.17) is 14.6 Å². The Hall–Kier alpha value is -1.71. The molecule has 0 spiro atoms. The van der Waals surface area contributed by atoms with Crippen LogP contribution in [-0.2, 0) is 14.3 Å². The zero-order chi connectivity index (χ0) is 11.4. The lowest BCUT2D eigenvalue weighted by atomic mass is 10.4. The summed E-state index contributed by atoms with van der Waals surface area (Å²) < 4.78 is 9.45. The predicted octanol–water partition coefficient (Wildman–Crippen LogP) is 1.95. The first-order valence-electron chi connectivity index (χ1n) is 3.90. The van der Waals surface area contributed by atoms with E-state index in [-0.39, 0.29) is 5.57 Å². The van der Waals surface area contributed by atoms with Gasteiger partial charge in [0.05, 0.1) is 12.5 Å². The van der Waals surface area contributed by atoms with Crippen LogP contribution in [0, 0.1) is 0 Å². The third-order valence-electron chi connectivity index (χ3n) is 0.920. The second kappa shape index (κ2) is 11.3. The number of hydrogen-bond donors (Lipinski definition) is 1. The molecule has 0 saturated carbocycles. The third-order valence-corrected chi connectivity index (χ3v) is 0.920. The summed E-state index contributed by atoms with van der Waals surface area (Å²) in [6.45, 7) is 12.4. The Bertz CT molecular complexity index is 174. The highest BCUT2D eigenvalue weighted by molar-refractivity contribution is 5.84. The van der Waals surface area contributed by atoms with Gasteiger partial charge < -0.3 is 14.6 Å². The van der Waals surface area contributed by atoms with Crippen molar-refractivity contribution >= 4 is 5.97 Å². The second-order valence-electron chi connectivity index (χ2n) is 2.16. The fourth-order valence-corrected chi connectivity index (χ4v) is 0.263. The fourth-order valence-electron chi connectivity index (χ4n) is 0.263. The Labute approximate surface area is 84.1 Å². The van der Waals surface area contributed by atoms with E-state index in [9.17, 15) is 4.79 Å². The van der Waals surface area contributed by atoms with Crippen LogP contribution in [0.1, 0.15) is 6.92 Å². The Morgan fingerprint density at radius 2 is 1.57 bits per heavy atom. The molecule has 0 bridgehead atoms.